The zero-order valence-electron chi connectivity index (χ0n) is 11.5. The summed E-state index contributed by atoms with van der Waals surface area (Å²) in [7, 11) is 0. The van der Waals surface area contributed by atoms with Gasteiger partial charge < -0.3 is 10.6 Å². The molecule has 0 aromatic heterocycles. The van der Waals surface area contributed by atoms with Gasteiger partial charge in [-0.3, -0.25) is 10.1 Å². The standard InChI is InChI=1S/C15H14N4O2/c1-2-17-13-4-3-5-14(15(13)19(20)21)18-12-8-6-11(10-16)7-9-12/h3-9,17-18H,2H2,1H3. The molecular formula is C15H14N4O2. The number of nitrogens with one attached hydrogen (secondary N) is 2. The normalized spacial score (nSPS) is 9.71. The van der Waals surface area contributed by atoms with E-state index >= 15 is 0 Å². The van der Waals surface area contributed by atoms with E-state index in [1.807, 2.05) is 13.0 Å². The lowest BCUT2D eigenvalue weighted by atomic mass is 10.2. The molecule has 21 heavy (non-hydrogen) atoms. The highest BCUT2D eigenvalue weighted by atomic mass is 16.6. The van der Waals surface area contributed by atoms with Gasteiger partial charge in [0.25, 0.3) is 0 Å². The molecule has 2 aromatic carbocycles. The van der Waals surface area contributed by atoms with E-state index in [1.54, 1.807) is 42.5 Å². The molecule has 6 heteroatoms. The van der Waals surface area contributed by atoms with Crippen LogP contribution in [0, 0.1) is 21.4 Å². The predicted octanol–water partition coefficient (Wildman–Crippen LogP) is 3.64. The van der Waals surface area contributed by atoms with Crippen molar-refractivity contribution in [1.29, 1.82) is 5.26 Å². The van der Waals surface area contributed by atoms with Gasteiger partial charge in [0.15, 0.2) is 0 Å². The molecule has 0 saturated heterocycles. The third-order valence-corrected chi connectivity index (χ3v) is 2.88. The van der Waals surface area contributed by atoms with Gasteiger partial charge in [0.1, 0.15) is 11.4 Å². The fraction of sp³-hybridized carbons (Fsp3) is 0.133. The summed E-state index contributed by atoms with van der Waals surface area (Å²) in [5, 5.41) is 26.0. The molecule has 0 atom stereocenters. The molecule has 0 aliphatic carbocycles. The molecule has 0 heterocycles. The van der Waals surface area contributed by atoms with Gasteiger partial charge in [-0.05, 0) is 43.3 Å². The van der Waals surface area contributed by atoms with E-state index in [2.05, 4.69) is 10.6 Å². The van der Waals surface area contributed by atoms with Crippen molar-refractivity contribution in [3.63, 3.8) is 0 Å². The van der Waals surface area contributed by atoms with Crippen molar-refractivity contribution in [2.75, 3.05) is 17.2 Å². The molecule has 2 aromatic rings. The number of rotatable bonds is 5. The Morgan fingerprint density at radius 2 is 1.86 bits per heavy atom. The second-order valence-corrected chi connectivity index (χ2v) is 4.30. The zero-order valence-corrected chi connectivity index (χ0v) is 11.5. The van der Waals surface area contributed by atoms with Gasteiger partial charge in [0.05, 0.1) is 16.6 Å². The highest BCUT2D eigenvalue weighted by molar-refractivity contribution is 5.79. The molecule has 2 rings (SSSR count). The lowest BCUT2D eigenvalue weighted by molar-refractivity contribution is -0.383. The number of hydrogen-bond acceptors (Lipinski definition) is 5. The minimum Gasteiger partial charge on any atom is -0.380 e. The third-order valence-electron chi connectivity index (χ3n) is 2.88. The summed E-state index contributed by atoms with van der Waals surface area (Å²) >= 11 is 0. The Morgan fingerprint density at radius 1 is 1.19 bits per heavy atom. The largest absolute Gasteiger partial charge is 0.380 e. The minimum atomic E-state index is -0.413. The van der Waals surface area contributed by atoms with E-state index < -0.39 is 4.92 Å². The van der Waals surface area contributed by atoms with Crippen molar-refractivity contribution in [2.24, 2.45) is 0 Å². The number of nitro groups is 1. The van der Waals surface area contributed by atoms with Gasteiger partial charge in [-0.1, -0.05) is 6.07 Å². The Balaban J connectivity index is 2.36. The maximum Gasteiger partial charge on any atom is 0.315 e. The Morgan fingerprint density at radius 3 is 2.43 bits per heavy atom. The van der Waals surface area contributed by atoms with E-state index in [0.717, 1.165) is 0 Å². The van der Waals surface area contributed by atoms with Gasteiger partial charge >= 0.3 is 5.69 Å². The summed E-state index contributed by atoms with van der Waals surface area (Å²) in [6.45, 7) is 2.48. The van der Waals surface area contributed by atoms with Crippen LogP contribution in [0.3, 0.4) is 0 Å². The Bertz CT molecular complexity index is 690. The van der Waals surface area contributed by atoms with Gasteiger partial charge in [-0.25, -0.2) is 0 Å². The van der Waals surface area contributed by atoms with Crippen LogP contribution in [-0.2, 0) is 0 Å². The highest BCUT2D eigenvalue weighted by Gasteiger charge is 2.19. The van der Waals surface area contributed by atoms with Crippen LogP contribution in [0.4, 0.5) is 22.7 Å². The Hall–Kier alpha value is -3.07. The monoisotopic (exact) mass is 282 g/mol. The molecule has 0 radical (unpaired) electrons. The van der Waals surface area contributed by atoms with Crippen LogP contribution >= 0.6 is 0 Å². The van der Waals surface area contributed by atoms with Crippen molar-refractivity contribution >= 4 is 22.7 Å². The molecule has 0 spiro atoms. The summed E-state index contributed by atoms with van der Waals surface area (Å²) in [5.41, 5.74) is 2.11. The Labute approximate surface area is 122 Å². The van der Waals surface area contributed by atoms with Gasteiger partial charge in [-0.15, -0.1) is 0 Å². The molecule has 0 aliphatic heterocycles. The summed E-state index contributed by atoms with van der Waals surface area (Å²) in [5.74, 6) is 0. The summed E-state index contributed by atoms with van der Waals surface area (Å²) in [6, 6.07) is 13.8. The molecule has 0 aliphatic rings. The van der Waals surface area contributed by atoms with Crippen LogP contribution in [0.5, 0.6) is 0 Å². The number of nitrogens with zero attached hydrogens (tertiary/aromatic N) is 2. The average molecular weight is 282 g/mol. The van der Waals surface area contributed by atoms with E-state index in [9.17, 15) is 10.1 Å². The van der Waals surface area contributed by atoms with Crippen LogP contribution in [0.2, 0.25) is 0 Å². The summed E-state index contributed by atoms with van der Waals surface area (Å²) < 4.78 is 0. The number of nitro benzene ring substituents is 1. The molecule has 0 saturated carbocycles. The van der Waals surface area contributed by atoms with Gasteiger partial charge in [0, 0.05) is 12.2 Å². The lowest BCUT2D eigenvalue weighted by Gasteiger charge is -2.10. The SMILES string of the molecule is CCNc1cccc(Nc2ccc(C#N)cc2)c1[N+](=O)[O-]. The number of hydrogen-bond donors (Lipinski definition) is 2. The van der Waals surface area contributed by atoms with Crippen molar-refractivity contribution in [3.05, 3.63) is 58.1 Å². The molecular weight excluding hydrogens is 268 g/mol. The molecule has 106 valence electrons. The second kappa shape index (κ2) is 6.39. The van der Waals surface area contributed by atoms with Crippen LogP contribution in [-0.4, -0.2) is 11.5 Å². The van der Waals surface area contributed by atoms with Crippen molar-refractivity contribution in [3.8, 4) is 6.07 Å². The van der Waals surface area contributed by atoms with Crippen LogP contribution < -0.4 is 10.6 Å². The molecule has 2 N–H and O–H groups in total. The number of benzene rings is 2. The fourth-order valence-corrected chi connectivity index (χ4v) is 1.96. The van der Waals surface area contributed by atoms with Crippen molar-refractivity contribution in [1.82, 2.24) is 0 Å². The molecule has 0 unspecified atom stereocenters. The maximum atomic E-state index is 11.3. The fourth-order valence-electron chi connectivity index (χ4n) is 1.96. The number of nitriles is 1. The predicted molar refractivity (Wildman–Crippen MR) is 81.7 cm³/mol. The second-order valence-electron chi connectivity index (χ2n) is 4.30. The molecule has 6 nitrogen and oxygen atoms in total. The van der Waals surface area contributed by atoms with Crippen LogP contribution in [0.25, 0.3) is 0 Å². The lowest BCUT2D eigenvalue weighted by Crippen LogP contribution is -2.04. The van der Waals surface area contributed by atoms with Crippen molar-refractivity contribution in [2.45, 2.75) is 6.92 Å². The molecule has 0 amide bonds. The van der Waals surface area contributed by atoms with E-state index in [4.69, 9.17) is 5.26 Å². The first-order chi connectivity index (χ1) is 10.2. The highest BCUT2D eigenvalue weighted by Crippen LogP contribution is 2.34. The smallest absolute Gasteiger partial charge is 0.315 e. The van der Waals surface area contributed by atoms with E-state index in [0.29, 0.717) is 29.2 Å². The van der Waals surface area contributed by atoms with Gasteiger partial charge in [0.2, 0.25) is 0 Å². The Kier molecular flexibility index (Phi) is 4.36. The quantitative estimate of drug-likeness (QED) is 0.645. The van der Waals surface area contributed by atoms with E-state index in [1.165, 1.54) is 0 Å². The van der Waals surface area contributed by atoms with Crippen LogP contribution in [0.1, 0.15) is 12.5 Å². The topological polar surface area (TPSA) is 91.0 Å². The van der Waals surface area contributed by atoms with Gasteiger partial charge in [-0.2, -0.15) is 5.26 Å². The number of para-hydroxylation sites is 1. The first kappa shape index (κ1) is 14.3. The van der Waals surface area contributed by atoms with Crippen LogP contribution in [0.15, 0.2) is 42.5 Å². The molecule has 0 fully saturated rings. The first-order valence-corrected chi connectivity index (χ1v) is 6.44. The third kappa shape index (κ3) is 3.28. The number of anilines is 3. The zero-order chi connectivity index (χ0) is 15.2. The first-order valence-electron chi connectivity index (χ1n) is 6.44. The van der Waals surface area contributed by atoms with Crippen molar-refractivity contribution < 1.29 is 4.92 Å². The maximum absolute atomic E-state index is 11.3. The molecule has 0 bridgehead atoms. The summed E-state index contributed by atoms with van der Waals surface area (Å²) in [4.78, 5) is 10.9. The summed E-state index contributed by atoms with van der Waals surface area (Å²) in [6.07, 6.45) is 0. The van der Waals surface area contributed by atoms with E-state index in [-0.39, 0.29) is 5.69 Å². The minimum absolute atomic E-state index is 0.00343. The average Bonchev–Trinajstić information content (AvgIpc) is 2.48.